The molecule has 0 aliphatic carbocycles. The molecule has 0 radical (unpaired) electrons. The standard InChI is InChI=1S/C40H38O8/c41-37-33-21-9-5-17-29(33)31-19-7-11-23-35(31)39(43)47-27-15-16-28-48-40(44)36-24-12-8-20-32(36)30-18-6-10-22-34(30)38(42)46-26-14-4-2-1-3-13-25-45-37/h5-12,15-24H,1-4,13-14,25-28H2/b16-15+. The third-order valence-corrected chi connectivity index (χ3v) is 7.96. The number of hydrogen-bond acceptors (Lipinski definition) is 8. The molecule has 0 atom stereocenters. The van der Waals surface area contributed by atoms with Crippen LogP contribution in [-0.4, -0.2) is 50.3 Å². The Morgan fingerprint density at radius 3 is 0.875 bits per heavy atom. The summed E-state index contributed by atoms with van der Waals surface area (Å²) in [7, 11) is 0. The molecule has 0 saturated carbocycles. The van der Waals surface area contributed by atoms with E-state index in [9.17, 15) is 19.2 Å². The Balaban J connectivity index is 1.33. The van der Waals surface area contributed by atoms with Gasteiger partial charge in [0.2, 0.25) is 0 Å². The fraction of sp³-hybridized carbons (Fsp3) is 0.250. The van der Waals surface area contributed by atoms with Crippen LogP contribution in [-0.2, 0) is 18.9 Å². The molecular formula is C40H38O8. The maximum Gasteiger partial charge on any atom is 0.339 e. The Bertz CT molecular complexity index is 1640. The summed E-state index contributed by atoms with van der Waals surface area (Å²) in [6, 6.07) is 28.0. The van der Waals surface area contributed by atoms with Crippen LogP contribution >= 0.6 is 0 Å². The molecule has 0 spiro atoms. The van der Waals surface area contributed by atoms with Crippen molar-refractivity contribution in [2.45, 2.75) is 38.5 Å². The molecule has 5 rings (SSSR count). The number of carbonyl (C=O) groups is 4. The second kappa shape index (κ2) is 17.4. The zero-order valence-electron chi connectivity index (χ0n) is 26.7. The number of cyclic esters (lactones) is 4. The molecule has 4 aromatic rings. The van der Waals surface area contributed by atoms with E-state index in [2.05, 4.69) is 0 Å². The fourth-order valence-corrected chi connectivity index (χ4v) is 5.52. The van der Waals surface area contributed by atoms with Gasteiger partial charge in [-0.2, -0.15) is 0 Å². The average molecular weight is 647 g/mol. The van der Waals surface area contributed by atoms with Gasteiger partial charge in [0.1, 0.15) is 13.2 Å². The van der Waals surface area contributed by atoms with Gasteiger partial charge in [0.15, 0.2) is 0 Å². The van der Waals surface area contributed by atoms with E-state index in [4.69, 9.17) is 18.9 Å². The van der Waals surface area contributed by atoms with E-state index in [1.165, 1.54) is 0 Å². The molecule has 48 heavy (non-hydrogen) atoms. The van der Waals surface area contributed by atoms with Crippen LogP contribution in [0.15, 0.2) is 109 Å². The van der Waals surface area contributed by atoms with Crippen molar-refractivity contribution in [1.29, 1.82) is 0 Å². The van der Waals surface area contributed by atoms with E-state index in [0.29, 0.717) is 57.7 Å². The van der Waals surface area contributed by atoms with Crippen molar-refractivity contribution in [2.75, 3.05) is 26.4 Å². The summed E-state index contributed by atoms with van der Waals surface area (Å²) >= 11 is 0. The van der Waals surface area contributed by atoms with Gasteiger partial charge in [0.25, 0.3) is 0 Å². The van der Waals surface area contributed by atoms with E-state index in [0.717, 1.165) is 38.5 Å². The largest absolute Gasteiger partial charge is 0.462 e. The quantitative estimate of drug-likeness (QED) is 0.107. The molecule has 1 aliphatic rings. The number of hydrogen-bond donors (Lipinski definition) is 0. The lowest BCUT2D eigenvalue weighted by atomic mass is 9.95. The van der Waals surface area contributed by atoms with Gasteiger partial charge < -0.3 is 18.9 Å². The first-order chi connectivity index (χ1) is 23.5. The van der Waals surface area contributed by atoms with E-state index in [-0.39, 0.29) is 13.2 Å². The highest BCUT2D eigenvalue weighted by molar-refractivity contribution is 6.04. The topological polar surface area (TPSA) is 105 Å². The van der Waals surface area contributed by atoms with Gasteiger partial charge in [-0.05, 0) is 71.5 Å². The van der Waals surface area contributed by atoms with Crippen molar-refractivity contribution < 1.29 is 38.1 Å². The normalized spacial score (nSPS) is 16.5. The summed E-state index contributed by atoms with van der Waals surface area (Å²) in [5.74, 6) is -2.03. The van der Waals surface area contributed by atoms with Gasteiger partial charge in [-0.15, -0.1) is 0 Å². The summed E-state index contributed by atoms with van der Waals surface area (Å²) in [5, 5.41) is 0. The van der Waals surface area contributed by atoms with Crippen LogP contribution in [0.1, 0.15) is 80.0 Å². The molecule has 0 fully saturated rings. The highest BCUT2D eigenvalue weighted by atomic mass is 16.5. The Kier molecular flexibility index (Phi) is 12.3. The van der Waals surface area contributed by atoms with Crippen molar-refractivity contribution in [1.82, 2.24) is 0 Å². The maximum atomic E-state index is 13.1. The van der Waals surface area contributed by atoms with Crippen LogP contribution < -0.4 is 0 Å². The second-order valence-electron chi connectivity index (χ2n) is 11.2. The molecule has 0 N–H and O–H groups in total. The van der Waals surface area contributed by atoms with E-state index in [1.807, 2.05) is 0 Å². The summed E-state index contributed by atoms with van der Waals surface area (Å²) < 4.78 is 22.2. The van der Waals surface area contributed by atoms with Crippen molar-refractivity contribution in [3.8, 4) is 22.3 Å². The molecule has 0 aromatic heterocycles. The summed E-state index contributed by atoms with van der Waals surface area (Å²) in [6.45, 7) is 0.471. The van der Waals surface area contributed by atoms with Crippen LogP contribution in [0.4, 0.5) is 0 Å². The second-order valence-corrected chi connectivity index (χ2v) is 11.2. The third-order valence-electron chi connectivity index (χ3n) is 7.96. The van der Waals surface area contributed by atoms with Crippen LogP contribution in [0.25, 0.3) is 22.3 Å². The average Bonchev–Trinajstić information content (AvgIpc) is 3.13. The molecule has 0 bridgehead atoms. The summed E-state index contributed by atoms with van der Waals surface area (Å²) in [5.41, 5.74) is 3.64. The molecule has 0 saturated heterocycles. The van der Waals surface area contributed by atoms with Crippen molar-refractivity contribution in [3.05, 3.63) is 131 Å². The van der Waals surface area contributed by atoms with Gasteiger partial charge in [0.05, 0.1) is 35.5 Å². The Morgan fingerprint density at radius 1 is 0.312 bits per heavy atom. The van der Waals surface area contributed by atoms with Gasteiger partial charge in [0, 0.05) is 0 Å². The van der Waals surface area contributed by atoms with Crippen molar-refractivity contribution in [2.24, 2.45) is 0 Å². The minimum absolute atomic E-state index is 0.0551. The molecule has 1 aliphatic heterocycles. The molecular weight excluding hydrogens is 608 g/mol. The molecule has 8 nitrogen and oxygen atoms in total. The Morgan fingerprint density at radius 2 is 0.562 bits per heavy atom. The third kappa shape index (κ3) is 8.85. The molecule has 0 amide bonds. The monoisotopic (exact) mass is 646 g/mol. The SMILES string of the molecule is O=C1OC/C=C/COC(=O)c2ccccc2-c2ccccc2C(=O)OCCCCCCCCOC(=O)c2ccccc2-c2ccccc21. The van der Waals surface area contributed by atoms with Gasteiger partial charge in [-0.25, -0.2) is 19.2 Å². The van der Waals surface area contributed by atoms with Gasteiger partial charge >= 0.3 is 23.9 Å². The minimum atomic E-state index is -0.560. The van der Waals surface area contributed by atoms with E-state index >= 15 is 0 Å². The smallest absolute Gasteiger partial charge is 0.339 e. The highest BCUT2D eigenvalue weighted by Gasteiger charge is 2.21. The molecule has 4 aromatic carbocycles. The lowest BCUT2D eigenvalue weighted by Crippen LogP contribution is -2.11. The number of esters is 4. The highest BCUT2D eigenvalue weighted by Crippen LogP contribution is 2.30. The molecule has 246 valence electrons. The molecule has 8 heteroatoms. The van der Waals surface area contributed by atoms with E-state index in [1.54, 1.807) is 109 Å². The number of ether oxygens (including phenoxy) is 4. The van der Waals surface area contributed by atoms with Crippen molar-refractivity contribution in [3.63, 3.8) is 0 Å². The minimum Gasteiger partial charge on any atom is -0.462 e. The van der Waals surface area contributed by atoms with Gasteiger partial charge in [-0.1, -0.05) is 98.5 Å². The summed E-state index contributed by atoms with van der Waals surface area (Å²) in [6.07, 6.45) is 8.34. The predicted octanol–water partition coefficient (Wildman–Crippen LogP) is 8.26. The first-order valence-corrected chi connectivity index (χ1v) is 16.2. The van der Waals surface area contributed by atoms with Crippen molar-refractivity contribution >= 4 is 23.9 Å². The lowest BCUT2D eigenvalue weighted by molar-refractivity contribution is 0.0485. The van der Waals surface area contributed by atoms with E-state index < -0.39 is 23.9 Å². The number of carbonyl (C=O) groups excluding carboxylic acids is 4. The molecule has 0 unspecified atom stereocenters. The van der Waals surface area contributed by atoms with Crippen LogP contribution in [0.5, 0.6) is 0 Å². The van der Waals surface area contributed by atoms with Crippen LogP contribution in [0, 0.1) is 0 Å². The maximum absolute atomic E-state index is 13.1. The number of rotatable bonds is 0. The number of fused-ring (bicyclic) bond motifs is 6. The van der Waals surface area contributed by atoms with Crippen LogP contribution in [0.2, 0.25) is 0 Å². The zero-order valence-corrected chi connectivity index (χ0v) is 26.7. The first-order valence-electron chi connectivity index (χ1n) is 16.2. The van der Waals surface area contributed by atoms with Crippen LogP contribution in [0.3, 0.4) is 0 Å². The Hall–Kier alpha value is -5.50. The lowest BCUT2D eigenvalue weighted by Gasteiger charge is -2.13. The Labute approximate surface area is 280 Å². The molecule has 1 heterocycles. The number of benzene rings is 4. The van der Waals surface area contributed by atoms with Gasteiger partial charge in [-0.3, -0.25) is 0 Å². The zero-order chi connectivity index (χ0) is 33.6. The predicted molar refractivity (Wildman–Crippen MR) is 182 cm³/mol. The fourth-order valence-electron chi connectivity index (χ4n) is 5.52. The summed E-state index contributed by atoms with van der Waals surface area (Å²) in [4.78, 5) is 52.4. The first kappa shape index (κ1) is 33.9.